The zero-order chi connectivity index (χ0) is 17.3. The molecule has 24 heavy (non-hydrogen) atoms. The van der Waals surface area contributed by atoms with Crippen molar-refractivity contribution in [3.8, 4) is 0 Å². The van der Waals surface area contributed by atoms with Crippen LogP contribution in [0.15, 0.2) is 52.3 Å². The first kappa shape index (κ1) is 16.9. The van der Waals surface area contributed by atoms with E-state index in [-0.39, 0.29) is 16.1 Å². The van der Waals surface area contributed by atoms with Crippen LogP contribution in [-0.2, 0) is 14.8 Å². The van der Waals surface area contributed by atoms with Gasteiger partial charge in [0.15, 0.2) is 0 Å². The van der Waals surface area contributed by atoms with Crippen molar-refractivity contribution in [2.45, 2.75) is 35.3 Å². The second-order valence-corrected chi connectivity index (χ2v) is 8.98. The Morgan fingerprint density at radius 1 is 1.21 bits per heavy atom. The van der Waals surface area contributed by atoms with Crippen molar-refractivity contribution in [2.75, 3.05) is 10.0 Å². The first-order chi connectivity index (χ1) is 11.3. The number of anilines is 2. The Bertz CT molecular complexity index is 894. The molecule has 0 spiro atoms. The van der Waals surface area contributed by atoms with Gasteiger partial charge in [0.1, 0.15) is 0 Å². The Labute approximate surface area is 145 Å². The molecule has 5 nitrogen and oxygen atoms in total. The second kappa shape index (κ2) is 6.49. The Kier molecular flexibility index (Phi) is 4.56. The molecule has 0 bridgehead atoms. The smallest absolute Gasteiger partial charge is 0.261 e. The van der Waals surface area contributed by atoms with Gasteiger partial charge in [-0.3, -0.25) is 9.52 Å². The van der Waals surface area contributed by atoms with E-state index in [4.69, 9.17) is 0 Å². The van der Waals surface area contributed by atoms with Crippen molar-refractivity contribution >= 4 is 39.1 Å². The number of benzene rings is 2. The largest absolute Gasteiger partial charge is 0.325 e. The van der Waals surface area contributed by atoms with Crippen LogP contribution in [0.2, 0.25) is 0 Å². The van der Waals surface area contributed by atoms with Crippen LogP contribution in [0, 0.1) is 6.92 Å². The van der Waals surface area contributed by atoms with Crippen molar-refractivity contribution < 1.29 is 13.2 Å². The molecule has 0 radical (unpaired) electrons. The van der Waals surface area contributed by atoms with Gasteiger partial charge >= 0.3 is 0 Å². The van der Waals surface area contributed by atoms with E-state index < -0.39 is 10.0 Å². The van der Waals surface area contributed by atoms with Gasteiger partial charge in [-0.1, -0.05) is 19.1 Å². The number of nitrogens with one attached hydrogen (secondary N) is 2. The molecule has 126 valence electrons. The van der Waals surface area contributed by atoms with Crippen LogP contribution in [0.3, 0.4) is 0 Å². The molecule has 0 aromatic heterocycles. The molecule has 2 aromatic rings. The lowest BCUT2D eigenvalue weighted by molar-refractivity contribution is -0.116. The monoisotopic (exact) mass is 362 g/mol. The Morgan fingerprint density at radius 2 is 2.00 bits per heavy atom. The average Bonchev–Trinajstić information content (AvgIpc) is 2.62. The topological polar surface area (TPSA) is 75.3 Å². The Hall–Kier alpha value is -1.99. The lowest BCUT2D eigenvalue weighted by atomic mass is 10.2. The molecule has 1 atom stereocenters. The van der Waals surface area contributed by atoms with E-state index in [1.165, 1.54) is 6.07 Å². The summed E-state index contributed by atoms with van der Waals surface area (Å²) in [5, 5.41) is 2.94. The fraction of sp³-hybridized carbons (Fsp3) is 0.235. The van der Waals surface area contributed by atoms with E-state index in [1.807, 2.05) is 19.9 Å². The summed E-state index contributed by atoms with van der Waals surface area (Å²) < 4.78 is 27.8. The number of carbonyl (C=O) groups excluding carboxylic acids is 1. The van der Waals surface area contributed by atoms with E-state index in [1.54, 1.807) is 42.1 Å². The third-order valence-corrected chi connectivity index (χ3v) is 6.16. The fourth-order valence-electron chi connectivity index (χ4n) is 2.52. The summed E-state index contributed by atoms with van der Waals surface area (Å²) in [6.45, 7) is 3.87. The van der Waals surface area contributed by atoms with Gasteiger partial charge < -0.3 is 5.32 Å². The number of fused-ring (bicyclic) bond motifs is 1. The molecule has 1 aliphatic heterocycles. The zero-order valence-corrected chi connectivity index (χ0v) is 15.0. The third-order valence-electron chi connectivity index (χ3n) is 3.61. The van der Waals surface area contributed by atoms with Crippen LogP contribution in [0.25, 0.3) is 0 Å². The summed E-state index contributed by atoms with van der Waals surface area (Å²) >= 11 is 1.56. The molecule has 0 saturated carbocycles. The molecule has 3 rings (SSSR count). The highest BCUT2D eigenvalue weighted by Crippen LogP contribution is 2.36. The van der Waals surface area contributed by atoms with Crippen molar-refractivity contribution in [1.29, 1.82) is 0 Å². The van der Waals surface area contributed by atoms with Crippen LogP contribution >= 0.6 is 11.8 Å². The molecule has 0 aliphatic carbocycles. The minimum atomic E-state index is -3.72. The van der Waals surface area contributed by atoms with Crippen LogP contribution < -0.4 is 10.0 Å². The number of aryl methyl sites for hydroxylation is 1. The first-order valence-electron chi connectivity index (χ1n) is 7.53. The molecule has 2 N–H and O–H groups in total. The quantitative estimate of drug-likeness (QED) is 0.874. The lowest BCUT2D eigenvalue weighted by Gasteiger charge is -2.12. The van der Waals surface area contributed by atoms with Crippen molar-refractivity contribution in [3.05, 3.63) is 48.0 Å². The van der Waals surface area contributed by atoms with Gasteiger partial charge in [-0.2, -0.15) is 0 Å². The van der Waals surface area contributed by atoms with Crippen molar-refractivity contribution in [2.24, 2.45) is 0 Å². The number of thioether (sulfide) groups is 1. The highest BCUT2D eigenvalue weighted by Gasteiger charge is 2.22. The predicted molar refractivity (Wildman–Crippen MR) is 97.0 cm³/mol. The average molecular weight is 362 g/mol. The number of hydrogen-bond acceptors (Lipinski definition) is 4. The predicted octanol–water partition coefficient (Wildman–Crippen LogP) is 3.62. The number of rotatable bonds is 3. The summed E-state index contributed by atoms with van der Waals surface area (Å²) in [7, 11) is -3.72. The molecule has 7 heteroatoms. The maximum absolute atomic E-state index is 12.6. The number of hydrogen-bond donors (Lipinski definition) is 2. The SMILES string of the molecule is Cc1cccc(NS(=O)(=O)c2ccc3c(c2)NC(=O)C[C@H](C)S3)c1. The van der Waals surface area contributed by atoms with E-state index in [0.717, 1.165) is 10.5 Å². The molecule has 0 unspecified atom stereocenters. The van der Waals surface area contributed by atoms with E-state index in [9.17, 15) is 13.2 Å². The fourth-order valence-corrected chi connectivity index (χ4v) is 4.65. The standard InChI is InChI=1S/C17H18N2O3S2/c1-11-4-3-5-13(8-11)19-24(21,22)14-6-7-16-15(10-14)18-17(20)9-12(2)23-16/h3-8,10,12,19H,9H2,1-2H3,(H,18,20)/t12-/m0/s1. The molecule has 1 aliphatic rings. The normalized spacial score (nSPS) is 17.6. The Balaban J connectivity index is 1.93. The van der Waals surface area contributed by atoms with Crippen molar-refractivity contribution in [1.82, 2.24) is 0 Å². The summed E-state index contributed by atoms with van der Waals surface area (Å²) in [6, 6.07) is 12.0. The Morgan fingerprint density at radius 3 is 2.75 bits per heavy atom. The van der Waals surface area contributed by atoms with Crippen molar-refractivity contribution in [3.63, 3.8) is 0 Å². The van der Waals surface area contributed by atoms with Gasteiger partial charge in [-0.15, -0.1) is 11.8 Å². The van der Waals surface area contributed by atoms with E-state index in [0.29, 0.717) is 17.8 Å². The van der Waals surface area contributed by atoms with Crippen LogP contribution in [-0.4, -0.2) is 19.6 Å². The summed E-state index contributed by atoms with van der Waals surface area (Å²) in [6.07, 6.45) is 0.406. The van der Waals surface area contributed by atoms with E-state index in [2.05, 4.69) is 10.0 Å². The minimum absolute atomic E-state index is 0.102. The summed E-state index contributed by atoms with van der Waals surface area (Å²) in [4.78, 5) is 12.9. The lowest BCUT2D eigenvalue weighted by Crippen LogP contribution is -2.15. The van der Waals surface area contributed by atoms with Crippen LogP contribution in [0.5, 0.6) is 0 Å². The second-order valence-electron chi connectivity index (χ2n) is 5.81. The molecular weight excluding hydrogens is 344 g/mol. The number of sulfonamides is 1. The first-order valence-corrected chi connectivity index (χ1v) is 9.90. The summed E-state index contributed by atoms with van der Waals surface area (Å²) in [5.74, 6) is -0.102. The summed E-state index contributed by atoms with van der Waals surface area (Å²) in [5.41, 5.74) is 2.02. The maximum atomic E-state index is 12.6. The highest BCUT2D eigenvalue weighted by atomic mass is 32.2. The maximum Gasteiger partial charge on any atom is 0.261 e. The minimum Gasteiger partial charge on any atom is -0.325 e. The van der Waals surface area contributed by atoms with Gasteiger partial charge in [0, 0.05) is 22.3 Å². The third kappa shape index (κ3) is 3.73. The molecule has 1 heterocycles. The number of amides is 1. The molecule has 1 amide bonds. The van der Waals surface area contributed by atoms with Gasteiger partial charge in [-0.25, -0.2) is 8.42 Å². The van der Waals surface area contributed by atoms with Gasteiger partial charge in [0.05, 0.1) is 10.6 Å². The van der Waals surface area contributed by atoms with Gasteiger partial charge in [0.25, 0.3) is 10.0 Å². The number of carbonyl (C=O) groups is 1. The molecular formula is C17H18N2O3S2. The van der Waals surface area contributed by atoms with Gasteiger partial charge in [0.2, 0.25) is 5.91 Å². The van der Waals surface area contributed by atoms with Gasteiger partial charge in [-0.05, 0) is 42.8 Å². The molecule has 0 saturated heterocycles. The highest BCUT2D eigenvalue weighted by molar-refractivity contribution is 8.00. The molecule has 2 aromatic carbocycles. The van der Waals surface area contributed by atoms with Crippen LogP contribution in [0.4, 0.5) is 11.4 Å². The molecule has 0 fully saturated rings. The van der Waals surface area contributed by atoms with Crippen LogP contribution in [0.1, 0.15) is 18.9 Å². The van der Waals surface area contributed by atoms with E-state index >= 15 is 0 Å². The zero-order valence-electron chi connectivity index (χ0n) is 13.4.